The fourth-order valence-electron chi connectivity index (χ4n) is 3.79. The van der Waals surface area contributed by atoms with E-state index in [2.05, 4.69) is 4.98 Å². The minimum absolute atomic E-state index is 0.0758. The van der Waals surface area contributed by atoms with Crippen LogP contribution >= 0.6 is 11.6 Å². The van der Waals surface area contributed by atoms with Crippen LogP contribution in [0.5, 0.6) is 0 Å². The van der Waals surface area contributed by atoms with E-state index in [4.69, 9.17) is 26.5 Å². The van der Waals surface area contributed by atoms with Crippen LogP contribution in [0.1, 0.15) is 37.8 Å². The molecule has 0 saturated heterocycles. The monoisotopic (exact) mass is 476 g/mol. The van der Waals surface area contributed by atoms with E-state index in [-0.39, 0.29) is 18.1 Å². The average molecular weight is 477 g/mol. The van der Waals surface area contributed by atoms with E-state index in [1.807, 2.05) is 13.8 Å². The van der Waals surface area contributed by atoms with Gasteiger partial charge in [0.15, 0.2) is 0 Å². The van der Waals surface area contributed by atoms with E-state index in [1.165, 1.54) is 10.6 Å². The Morgan fingerprint density at radius 3 is 2.61 bits per heavy atom. The zero-order chi connectivity index (χ0) is 24.1. The second-order valence-corrected chi connectivity index (χ2v) is 8.20. The van der Waals surface area contributed by atoms with E-state index < -0.39 is 16.9 Å². The van der Waals surface area contributed by atoms with Gasteiger partial charge >= 0.3 is 11.3 Å². The van der Waals surface area contributed by atoms with Gasteiger partial charge in [-0.3, -0.25) is 14.3 Å². The van der Waals surface area contributed by atoms with E-state index in [0.717, 1.165) is 18.4 Å². The highest BCUT2D eigenvalue weighted by Gasteiger charge is 2.21. The van der Waals surface area contributed by atoms with Crippen LogP contribution in [0.25, 0.3) is 11.0 Å². The van der Waals surface area contributed by atoms with Crippen molar-refractivity contribution in [1.29, 1.82) is 0 Å². The Morgan fingerprint density at radius 2 is 1.94 bits per heavy atom. The number of aromatic nitrogens is 2. The number of nitrogens with one attached hydrogen (secondary N) is 1. The molecule has 1 aromatic carbocycles. The Balaban J connectivity index is 2.16. The van der Waals surface area contributed by atoms with E-state index in [9.17, 15) is 14.4 Å². The number of hydrogen-bond acceptors (Lipinski definition) is 7. The number of fused-ring (bicyclic) bond motifs is 1. The molecule has 0 spiro atoms. The van der Waals surface area contributed by atoms with Gasteiger partial charge in [-0.15, -0.1) is 0 Å². The molecule has 2 heterocycles. The molecule has 0 fully saturated rings. The van der Waals surface area contributed by atoms with Gasteiger partial charge in [-0.1, -0.05) is 31.9 Å². The van der Waals surface area contributed by atoms with Crippen LogP contribution in [0.4, 0.5) is 11.5 Å². The molecule has 3 rings (SSSR count). The quantitative estimate of drug-likeness (QED) is 0.431. The maximum atomic E-state index is 12.8. The summed E-state index contributed by atoms with van der Waals surface area (Å²) in [5.74, 6) is 0.0758. The molecule has 33 heavy (non-hydrogen) atoms. The van der Waals surface area contributed by atoms with Crippen molar-refractivity contribution in [2.45, 2.75) is 46.2 Å². The van der Waals surface area contributed by atoms with Crippen molar-refractivity contribution in [2.75, 3.05) is 30.9 Å². The Kier molecular flexibility index (Phi) is 7.99. The van der Waals surface area contributed by atoms with Gasteiger partial charge in [-0.2, -0.15) is 0 Å². The first-order valence-electron chi connectivity index (χ1n) is 10.9. The van der Waals surface area contributed by atoms with Gasteiger partial charge in [-0.25, -0.2) is 9.59 Å². The molecule has 0 aliphatic carbocycles. The SMILES string of the molecule is CCCCn1c(N)c(N(CCOC)Cc2cc(=O)oc3cc(CC)c(Cl)cc23)c(=O)[nH]c1=O. The van der Waals surface area contributed by atoms with Crippen molar-refractivity contribution in [3.8, 4) is 0 Å². The van der Waals surface area contributed by atoms with Gasteiger partial charge in [0.1, 0.15) is 17.1 Å². The van der Waals surface area contributed by atoms with Crippen molar-refractivity contribution in [2.24, 2.45) is 0 Å². The lowest BCUT2D eigenvalue weighted by Crippen LogP contribution is -2.39. The van der Waals surface area contributed by atoms with Crippen LogP contribution in [-0.2, 0) is 24.2 Å². The van der Waals surface area contributed by atoms with E-state index in [0.29, 0.717) is 47.7 Å². The lowest BCUT2D eigenvalue weighted by atomic mass is 10.1. The summed E-state index contributed by atoms with van der Waals surface area (Å²) in [7, 11) is 1.55. The highest BCUT2D eigenvalue weighted by Crippen LogP contribution is 2.28. The Morgan fingerprint density at radius 1 is 1.18 bits per heavy atom. The van der Waals surface area contributed by atoms with Gasteiger partial charge < -0.3 is 19.8 Å². The number of benzene rings is 1. The molecule has 2 aromatic heterocycles. The predicted octanol–water partition coefficient (Wildman–Crippen LogP) is 2.89. The van der Waals surface area contributed by atoms with Crippen LogP contribution in [0.3, 0.4) is 0 Å². The number of unbranched alkanes of at least 4 members (excludes halogenated alkanes) is 1. The third kappa shape index (κ3) is 5.31. The van der Waals surface area contributed by atoms with Crippen molar-refractivity contribution in [1.82, 2.24) is 9.55 Å². The first-order chi connectivity index (χ1) is 15.8. The molecule has 9 nitrogen and oxygen atoms in total. The predicted molar refractivity (Wildman–Crippen MR) is 130 cm³/mol. The van der Waals surface area contributed by atoms with Crippen molar-refractivity contribution >= 4 is 34.1 Å². The molecular formula is C23H29ClN4O5. The summed E-state index contributed by atoms with van der Waals surface area (Å²) in [6, 6.07) is 4.90. The number of aryl methyl sites for hydroxylation is 1. The number of nitrogens with two attached hydrogens (primary N) is 1. The topological polar surface area (TPSA) is 124 Å². The molecule has 0 aliphatic rings. The minimum atomic E-state index is -0.597. The maximum absolute atomic E-state index is 12.8. The summed E-state index contributed by atoms with van der Waals surface area (Å²) >= 11 is 6.42. The highest BCUT2D eigenvalue weighted by molar-refractivity contribution is 6.32. The molecule has 3 N–H and O–H groups in total. The summed E-state index contributed by atoms with van der Waals surface area (Å²) in [6.45, 7) is 5.11. The van der Waals surface area contributed by atoms with Crippen LogP contribution in [-0.4, -0.2) is 29.8 Å². The number of anilines is 2. The molecule has 0 amide bonds. The van der Waals surface area contributed by atoms with Gasteiger partial charge in [0, 0.05) is 43.2 Å². The fraction of sp³-hybridized carbons (Fsp3) is 0.435. The number of rotatable bonds is 10. The summed E-state index contributed by atoms with van der Waals surface area (Å²) in [4.78, 5) is 41.5. The smallest absolute Gasteiger partial charge is 0.336 e. The van der Waals surface area contributed by atoms with E-state index >= 15 is 0 Å². The molecule has 0 bridgehead atoms. The molecule has 178 valence electrons. The van der Waals surface area contributed by atoms with Gasteiger partial charge in [0.05, 0.1) is 6.61 Å². The number of aromatic amines is 1. The van der Waals surface area contributed by atoms with Crippen LogP contribution in [0.15, 0.2) is 37.0 Å². The highest BCUT2D eigenvalue weighted by atomic mass is 35.5. The summed E-state index contributed by atoms with van der Waals surface area (Å²) in [5.41, 5.74) is 6.71. The number of halogens is 1. The Labute approximate surface area is 195 Å². The molecule has 3 aromatic rings. The van der Waals surface area contributed by atoms with Crippen LogP contribution in [0, 0.1) is 0 Å². The largest absolute Gasteiger partial charge is 0.423 e. The van der Waals surface area contributed by atoms with Gasteiger partial charge in [0.2, 0.25) is 0 Å². The number of ether oxygens (including phenoxy) is 1. The van der Waals surface area contributed by atoms with E-state index in [1.54, 1.807) is 24.1 Å². The van der Waals surface area contributed by atoms with Gasteiger partial charge in [-0.05, 0) is 36.1 Å². The fourth-order valence-corrected chi connectivity index (χ4v) is 4.09. The number of H-pyrrole nitrogens is 1. The summed E-state index contributed by atoms with van der Waals surface area (Å²) < 4.78 is 12.0. The Bertz CT molecular complexity index is 1310. The van der Waals surface area contributed by atoms with Crippen LogP contribution < -0.4 is 27.5 Å². The number of nitrogens with zero attached hydrogens (tertiary/aromatic N) is 2. The maximum Gasteiger partial charge on any atom is 0.336 e. The molecule has 0 saturated carbocycles. The number of hydrogen-bond donors (Lipinski definition) is 2. The first kappa shape index (κ1) is 24.6. The molecule has 0 unspecified atom stereocenters. The standard InChI is InChI=1S/C23H29ClN4O5/c1-4-6-7-28-21(25)20(22(30)26-23(28)31)27(8-9-32-3)13-15-11-19(29)33-18-10-14(5-2)17(24)12-16(15)18/h10-12H,4-9,13,25H2,1-3H3,(H,26,30,31). The average Bonchev–Trinajstić information content (AvgIpc) is 2.76. The lowest BCUT2D eigenvalue weighted by Gasteiger charge is -2.26. The summed E-state index contributed by atoms with van der Waals surface area (Å²) in [6.07, 6.45) is 2.28. The second-order valence-electron chi connectivity index (χ2n) is 7.80. The molecule has 10 heteroatoms. The molecule has 0 aliphatic heterocycles. The van der Waals surface area contributed by atoms with Crippen molar-refractivity contribution < 1.29 is 9.15 Å². The number of methoxy groups -OCH3 is 1. The Hall–Kier alpha value is -3.04. The van der Waals surface area contributed by atoms with Crippen molar-refractivity contribution in [3.63, 3.8) is 0 Å². The number of nitrogen functional groups attached to an aromatic ring is 1. The molecule has 0 atom stereocenters. The second kappa shape index (κ2) is 10.7. The third-order valence-electron chi connectivity index (χ3n) is 5.57. The molecule has 0 radical (unpaired) electrons. The zero-order valence-electron chi connectivity index (χ0n) is 19.1. The first-order valence-corrected chi connectivity index (χ1v) is 11.3. The van der Waals surface area contributed by atoms with Crippen LogP contribution in [0.2, 0.25) is 5.02 Å². The minimum Gasteiger partial charge on any atom is -0.423 e. The van der Waals surface area contributed by atoms with Crippen molar-refractivity contribution in [3.05, 3.63) is 65.6 Å². The summed E-state index contributed by atoms with van der Waals surface area (Å²) in [5, 5.41) is 1.22. The van der Waals surface area contributed by atoms with Gasteiger partial charge in [0.25, 0.3) is 5.56 Å². The third-order valence-corrected chi connectivity index (χ3v) is 5.92. The zero-order valence-corrected chi connectivity index (χ0v) is 19.8. The normalized spacial score (nSPS) is 11.3. The lowest BCUT2D eigenvalue weighted by molar-refractivity contribution is 0.205. The molecular weight excluding hydrogens is 448 g/mol.